The van der Waals surface area contributed by atoms with Crippen LogP contribution in [0, 0.1) is 0 Å². The summed E-state index contributed by atoms with van der Waals surface area (Å²) in [6.07, 6.45) is 6.89. The van der Waals surface area contributed by atoms with Gasteiger partial charge in [0.1, 0.15) is 0 Å². The highest BCUT2D eigenvalue weighted by Gasteiger charge is 2.27. The molecule has 0 aliphatic carbocycles. The molecule has 2 fully saturated rings. The molecule has 0 amide bonds. The van der Waals surface area contributed by atoms with E-state index in [2.05, 4.69) is 20.0 Å². The van der Waals surface area contributed by atoms with E-state index in [0.717, 1.165) is 19.6 Å². The van der Waals surface area contributed by atoms with Gasteiger partial charge in [-0.2, -0.15) is 0 Å². The molecule has 0 N–H and O–H groups in total. The van der Waals surface area contributed by atoms with E-state index in [1.807, 2.05) is 12.1 Å². The van der Waals surface area contributed by atoms with Crippen LogP contribution in [0.5, 0.6) is 0 Å². The molecule has 2 aliphatic heterocycles. The predicted molar refractivity (Wildman–Crippen MR) is 81.1 cm³/mol. The maximum Gasteiger partial charge on any atom is 0.283 e. The van der Waals surface area contributed by atoms with Crippen LogP contribution in [0.4, 0.5) is 0 Å². The molecule has 6 heteroatoms. The van der Waals surface area contributed by atoms with Crippen LogP contribution in [0.2, 0.25) is 0 Å². The predicted octanol–water partition coefficient (Wildman–Crippen LogP) is 2.39. The third kappa shape index (κ3) is 2.94. The van der Waals surface area contributed by atoms with Crippen LogP contribution < -0.4 is 0 Å². The lowest BCUT2D eigenvalue weighted by atomic mass is 10.0. The zero-order chi connectivity index (χ0) is 14.8. The molecule has 4 heterocycles. The van der Waals surface area contributed by atoms with Crippen molar-refractivity contribution in [2.75, 3.05) is 26.2 Å². The Balaban J connectivity index is 1.38. The van der Waals surface area contributed by atoms with Crippen molar-refractivity contribution in [1.82, 2.24) is 20.0 Å². The standard InChI is InChI=1S/C16H22N4O2/c1-2-9-20(8-1)13-5-3-7-19(11-13)12-15-17-18-16(22-15)14-6-4-10-21-14/h4,6,10,13H,1-3,5,7-9,11-12H2. The summed E-state index contributed by atoms with van der Waals surface area (Å²) in [6, 6.07) is 4.36. The smallest absolute Gasteiger partial charge is 0.283 e. The van der Waals surface area contributed by atoms with Crippen LogP contribution in [0.3, 0.4) is 0 Å². The molecule has 1 unspecified atom stereocenters. The first kappa shape index (κ1) is 14.0. The lowest BCUT2D eigenvalue weighted by Gasteiger charge is -2.36. The van der Waals surface area contributed by atoms with Gasteiger partial charge in [-0.05, 0) is 57.5 Å². The maximum atomic E-state index is 5.72. The zero-order valence-electron chi connectivity index (χ0n) is 12.8. The van der Waals surface area contributed by atoms with E-state index < -0.39 is 0 Å². The molecule has 0 bridgehead atoms. The summed E-state index contributed by atoms with van der Waals surface area (Å²) < 4.78 is 11.0. The lowest BCUT2D eigenvalue weighted by Crippen LogP contribution is -2.46. The first-order valence-electron chi connectivity index (χ1n) is 8.21. The van der Waals surface area contributed by atoms with E-state index in [0.29, 0.717) is 23.6 Å². The van der Waals surface area contributed by atoms with Gasteiger partial charge < -0.3 is 8.83 Å². The van der Waals surface area contributed by atoms with E-state index in [1.54, 1.807) is 6.26 Å². The summed E-state index contributed by atoms with van der Waals surface area (Å²) in [5.41, 5.74) is 0. The first-order chi connectivity index (χ1) is 10.9. The van der Waals surface area contributed by atoms with Crippen LogP contribution in [0.25, 0.3) is 11.7 Å². The Hall–Kier alpha value is -1.66. The molecule has 2 aromatic rings. The number of nitrogens with zero attached hydrogens (tertiary/aromatic N) is 4. The monoisotopic (exact) mass is 302 g/mol. The Morgan fingerprint density at radius 2 is 2.05 bits per heavy atom. The summed E-state index contributed by atoms with van der Waals surface area (Å²) in [4.78, 5) is 5.08. The van der Waals surface area contributed by atoms with Crippen molar-refractivity contribution in [3.05, 3.63) is 24.3 Å². The van der Waals surface area contributed by atoms with Crippen molar-refractivity contribution in [1.29, 1.82) is 0 Å². The second-order valence-corrected chi connectivity index (χ2v) is 6.25. The number of rotatable bonds is 4. The van der Waals surface area contributed by atoms with Gasteiger partial charge in [-0.3, -0.25) is 9.80 Å². The molecule has 0 aromatic carbocycles. The third-order valence-electron chi connectivity index (χ3n) is 4.70. The van der Waals surface area contributed by atoms with Gasteiger partial charge in [-0.25, -0.2) is 0 Å². The summed E-state index contributed by atoms with van der Waals surface area (Å²) in [6.45, 7) is 5.49. The largest absolute Gasteiger partial charge is 0.459 e. The molecule has 2 saturated heterocycles. The minimum absolute atomic E-state index is 0.466. The molecule has 2 aliphatic rings. The lowest BCUT2D eigenvalue weighted by molar-refractivity contribution is 0.104. The summed E-state index contributed by atoms with van der Waals surface area (Å²) >= 11 is 0. The van der Waals surface area contributed by atoms with Crippen molar-refractivity contribution in [3.63, 3.8) is 0 Å². The molecule has 4 rings (SSSR count). The quantitative estimate of drug-likeness (QED) is 0.864. The van der Waals surface area contributed by atoms with Crippen LogP contribution in [0.15, 0.2) is 27.2 Å². The summed E-state index contributed by atoms with van der Waals surface area (Å²) in [7, 11) is 0. The Morgan fingerprint density at radius 3 is 2.86 bits per heavy atom. The average Bonchev–Trinajstić information content (AvgIpc) is 3.29. The number of aromatic nitrogens is 2. The SMILES string of the molecule is c1coc(-c2nnc(CN3CCCC(N4CCCC4)C3)o2)c1. The normalized spacial score (nSPS) is 24.1. The van der Waals surface area contributed by atoms with E-state index in [9.17, 15) is 0 Å². The van der Waals surface area contributed by atoms with Crippen LogP contribution >= 0.6 is 0 Å². The van der Waals surface area contributed by atoms with Crippen LogP contribution in [-0.4, -0.2) is 52.2 Å². The van der Waals surface area contributed by atoms with Crippen molar-refractivity contribution in [3.8, 4) is 11.7 Å². The summed E-state index contributed by atoms with van der Waals surface area (Å²) in [5, 5.41) is 8.23. The van der Waals surface area contributed by atoms with Gasteiger partial charge in [0.05, 0.1) is 12.8 Å². The Bertz CT molecular complexity index is 589. The highest BCUT2D eigenvalue weighted by atomic mass is 16.4. The van der Waals surface area contributed by atoms with E-state index in [-0.39, 0.29) is 0 Å². The van der Waals surface area contributed by atoms with Crippen LogP contribution in [-0.2, 0) is 6.54 Å². The summed E-state index contributed by atoms with van der Waals surface area (Å²) in [5.74, 6) is 1.77. The molecular weight excluding hydrogens is 280 g/mol. The number of likely N-dealkylation sites (tertiary alicyclic amines) is 2. The van der Waals surface area contributed by atoms with Gasteiger partial charge in [0.15, 0.2) is 5.76 Å². The number of furan rings is 1. The second-order valence-electron chi connectivity index (χ2n) is 6.25. The minimum atomic E-state index is 0.466. The van der Waals surface area contributed by atoms with Crippen LogP contribution in [0.1, 0.15) is 31.6 Å². The Labute approximate surface area is 130 Å². The minimum Gasteiger partial charge on any atom is -0.459 e. The van der Waals surface area contributed by atoms with E-state index in [4.69, 9.17) is 8.83 Å². The molecule has 0 radical (unpaired) electrons. The zero-order valence-corrected chi connectivity index (χ0v) is 12.8. The number of piperidine rings is 1. The molecule has 1 atom stereocenters. The average molecular weight is 302 g/mol. The molecule has 6 nitrogen and oxygen atoms in total. The maximum absolute atomic E-state index is 5.72. The molecule has 2 aromatic heterocycles. The van der Waals surface area contributed by atoms with Crippen molar-refractivity contribution >= 4 is 0 Å². The number of hydrogen-bond donors (Lipinski definition) is 0. The van der Waals surface area contributed by atoms with Gasteiger partial charge in [0.25, 0.3) is 5.89 Å². The molecule has 118 valence electrons. The molecule has 0 saturated carbocycles. The van der Waals surface area contributed by atoms with Crippen molar-refractivity contribution in [2.45, 2.75) is 38.3 Å². The topological polar surface area (TPSA) is 58.5 Å². The van der Waals surface area contributed by atoms with E-state index in [1.165, 1.54) is 38.8 Å². The van der Waals surface area contributed by atoms with Gasteiger partial charge in [-0.15, -0.1) is 10.2 Å². The third-order valence-corrected chi connectivity index (χ3v) is 4.70. The fraction of sp³-hybridized carbons (Fsp3) is 0.625. The highest BCUT2D eigenvalue weighted by molar-refractivity contribution is 5.42. The fourth-order valence-corrected chi connectivity index (χ4v) is 3.59. The first-order valence-corrected chi connectivity index (χ1v) is 8.21. The molecular formula is C16H22N4O2. The molecule has 22 heavy (non-hydrogen) atoms. The van der Waals surface area contributed by atoms with Crippen molar-refractivity contribution < 1.29 is 8.83 Å². The van der Waals surface area contributed by atoms with Crippen molar-refractivity contribution in [2.24, 2.45) is 0 Å². The molecule has 0 spiro atoms. The Kier molecular flexibility index (Phi) is 3.95. The fourth-order valence-electron chi connectivity index (χ4n) is 3.59. The Morgan fingerprint density at radius 1 is 1.14 bits per heavy atom. The van der Waals surface area contributed by atoms with Gasteiger partial charge in [-0.1, -0.05) is 0 Å². The van der Waals surface area contributed by atoms with Gasteiger partial charge >= 0.3 is 0 Å². The number of hydrogen-bond acceptors (Lipinski definition) is 6. The second kappa shape index (κ2) is 6.22. The van der Waals surface area contributed by atoms with Gasteiger partial charge in [0.2, 0.25) is 5.89 Å². The van der Waals surface area contributed by atoms with E-state index >= 15 is 0 Å². The highest BCUT2D eigenvalue weighted by Crippen LogP contribution is 2.23. The van der Waals surface area contributed by atoms with Gasteiger partial charge in [0, 0.05) is 12.6 Å².